The minimum atomic E-state index is -0.890. The van der Waals surface area contributed by atoms with Crippen molar-refractivity contribution in [3.63, 3.8) is 0 Å². The summed E-state index contributed by atoms with van der Waals surface area (Å²) in [7, 11) is 1.64. The molecule has 1 N–H and O–H groups in total. The maximum Gasteiger partial charge on any atom is 0.124 e. The molecule has 16 heavy (non-hydrogen) atoms. The summed E-state index contributed by atoms with van der Waals surface area (Å²) >= 11 is 6.26. The first-order chi connectivity index (χ1) is 7.43. The topological polar surface area (TPSA) is 29.5 Å². The van der Waals surface area contributed by atoms with Crippen molar-refractivity contribution in [2.75, 3.05) is 7.11 Å². The molecule has 1 aliphatic carbocycles. The molecule has 1 fully saturated rings. The predicted octanol–water partition coefficient (Wildman–Crippen LogP) is 3.45. The molecule has 1 aromatic rings. The zero-order chi connectivity index (χ0) is 11.9. The molecule has 0 unspecified atom stereocenters. The number of ether oxygens (including phenoxy) is 1. The van der Waals surface area contributed by atoms with Crippen LogP contribution in [0.1, 0.15) is 43.7 Å². The molecule has 0 spiro atoms. The summed E-state index contributed by atoms with van der Waals surface area (Å²) < 4.78 is 5.37. The second-order valence-corrected chi connectivity index (χ2v) is 5.31. The van der Waals surface area contributed by atoms with Crippen molar-refractivity contribution in [3.8, 4) is 5.75 Å². The Morgan fingerprint density at radius 3 is 2.44 bits per heavy atom. The molecule has 0 bridgehead atoms. The van der Waals surface area contributed by atoms with Gasteiger partial charge in [0.1, 0.15) is 5.75 Å². The number of hydrogen-bond acceptors (Lipinski definition) is 2. The Balaban J connectivity index is 2.50. The Morgan fingerprint density at radius 1 is 1.38 bits per heavy atom. The van der Waals surface area contributed by atoms with Gasteiger partial charge in [-0.05, 0) is 50.3 Å². The van der Waals surface area contributed by atoms with Crippen LogP contribution in [0.5, 0.6) is 5.75 Å². The van der Waals surface area contributed by atoms with Crippen LogP contribution in [0.25, 0.3) is 0 Å². The molecule has 0 amide bonds. The van der Waals surface area contributed by atoms with Gasteiger partial charge in [0.25, 0.3) is 0 Å². The van der Waals surface area contributed by atoms with E-state index in [4.69, 9.17) is 16.3 Å². The minimum Gasteiger partial charge on any atom is -0.496 e. The summed E-state index contributed by atoms with van der Waals surface area (Å²) in [6.07, 6.45) is 2.36. The number of rotatable bonds is 3. The van der Waals surface area contributed by atoms with Gasteiger partial charge >= 0.3 is 0 Å². The zero-order valence-corrected chi connectivity index (χ0v) is 10.6. The van der Waals surface area contributed by atoms with E-state index >= 15 is 0 Å². The normalized spacial score (nSPS) is 16.3. The minimum absolute atomic E-state index is 0.540. The molecule has 0 aromatic heterocycles. The standard InChI is InChI=1S/C13H17ClO2/c1-13(2,15)9-6-10(14)12(8-4-5-8)11(7-9)16-3/h6-8,15H,4-5H2,1-3H3. The van der Waals surface area contributed by atoms with E-state index < -0.39 is 5.60 Å². The van der Waals surface area contributed by atoms with E-state index in [1.165, 1.54) is 12.8 Å². The van der Waals surface area contributed by atoms with Gasteiger partial charge in [-0.3, -0.25) is 0 Å². The molecular formula is C13H17ClO2. The Bertz CT molecular complexity index is 403. The number of benzene rings is 1. The first-order valence-electron chi connectivity index (χ1n) is 5.53. The SMILES string of the molecule is COc1cc(C(C)(C)O)cc(Cl)c1C1CC1. The highest BCUT2D eigenvalue weighted by molar-refractivity contribution is 6.31. The molecule has 88 valence electrons. The van der Waals surface area contributed by atoms with Crippen LogP contribution in [0.4, 0.5) is 0 Å². The molecule has 3 heteroatoms. The fourth-order valence-corrected chi connectivity index (χ4v) is 2.25. The highest BCUT2D eigenvalue weighted by Gasteiger charge is 2.30. The van der Waals surface area contributed by atoms with Crippen LogP contribution < -0.4 is 4.74 Å². The third kappa shape index (κ3) is 2.18. The van der Waals surface area contributed by atoms with Gasteiger partial charge in [0.05, 0.1) is 12.7 Å². The Hall–Kier alpha value is -0.730. The van der Waals surface area contributed by atoms with Crippen molar-refractivity contribution in [2.45, 2.75) is 38.2 Å². The summed E-state index contributed by atoms with van der Waals surface area (Å²) in [6, 6.07) is 3.73. The van der Waals surface area contributed by atoms with Gasteiger partial charge in [-0.25, -0.2) is 0 Å². The summed E-state index contributed by atoms with van der Waals surface area (Å²) in [5, 5.41) is 10.7. The van der Waals surface area contributed by atoms with Gasteiger partial charge in [-0.2, -0.15) is 0 Å². The lowest BCUT2D eigenvalue weighted by Crippen LogP contribution is -2.15. The van der Waals surface area contributed by atoms with E-state index in [2.05, 4.69) is 0 Å². The Morgan fingerprint density at radius 2 is 2.00 bits per heavy atom. The molecule has 2 nitrogen and oxygen atoms in total. The van der Waals surface area contributed by atoms with Crippen molar-refractivity contribution < 1.29 is 9.84 Å². The summed E-state index contributed by atoms with van der Waals surface area (Å²) in [6.45, 7) is 3.49. The summed E-state index contributed by atoms with van der Waals surface area (Å²) in [5.41, 5.74) is 0.995. The summed E-state index contributed by atoms with van der Waals surface area (Å²) in [5.74, 6) is 1.34. The fourth-order valence-electron chi connectivity index (χ4n) is 1.88. The van der Waals surface area contributed by atoms with Crippen molar-refractivity contribution in [1.29, 1.82) is 0 Å². The van der Waals surface area contributed by atoms with Crippen LogP contribution in [-0.2, 0) is 5.60 Å². The molecule has 2 rings (SSSR count). The Labute approximate surface area is 101 Å². The van der Waals surface area contributed by atoms with E-state index in [0.29, 0.717) is 10.9 Å². The number of hydrogen-bond donors (Lipinski definition) is 1. The van der Waals surface area contributed by atoms with Gasteiger partial charge in [0, 0.05) is 10.6 Å². The van der Waals surface area contributed by atoms with Gasteiger partial charge < -0.3 is 9.84 Å². The molecule has 0 atom stereocenters. The number of methoxy groups -OCH3 is 1. The van der Waals surface area contributed by atoms with Crippen LogP contribution in [0.15, 0.2) is 12.1 Å². The van der Waals surface area contributed by atoms with Crippen LogP contribution in [0, 0.1) is 0 Å². The molecule has 1 aliphatic rings. The third-order valence-electron chi connectivity index (χ3n) is 3.00. The number of halogens is 1. The van der Waals surface area contributed by atoms with E-state index in [1.807, 2.05) is 12.1 Å². The van der Waals surface area contributed by atoms with E-state index in [-0.39, 0.29) is 0 Å². The highest BCUT2D eigenvalue weighted by Crippen LogP contribution is 2.48. The van der Waals surface area contributed by atoms with Crippen molar-refractivity contribution in [2.24, 2.45) is 0 Å². The van der Waals surface area contributed by atoms with E-state index in [0.717, 1.165) is 16.9 Å². The number of aliphatic hydroxyl groups is 1. The van der Waals surface area contributed by atoms with Crippen LogP contribution in [0.3, 0.4) is 0 Å². The van der Waals surface area contributed by atoms with E-state index in [1.54, 1.807) is 21.0 Å². The van der Waals surface area contributed by atoms with Gasteiger partial charge in [-0.15, -0.1) is 0 Å². The third-order valence-corrected chi connectivity index (χ3v) is 3.32. The van der Waals surface area contributed by atoms with Crippen LogP contribution in [-0.4, -0.2) is 12.2 Å². The molecule has 0 heterocycles. The highest BCUT2D eigenvalue weighted by atomic mass is 35.5. The summed E-state index contributed by atoms with van der Waals surface area (Å²) in [4.78, 5) is 0. The van der Waals surface area contributed by atoms with Crippen molar-refractivity contribution >= 4 is 11.6 Å². The molecule has 1 saturated carbocycles. The maximum absolute atomic E-state index is 9.96. The first kappa shape index (κ1) is 11.7. The molecular weight excluding hydrogens is 224 g/mol. The van der Waals surface area contributed by atoms with Gasteiger partial charge in [-0.1, -0.05) is 11.6 Å². The second-order valence-electron chi connectivity index (χ2n) is 4.91. The average Bonchev–Trinajstić information content (AvgIpc) is 2.98. The Kier molecular flexibility index (Phi) is 2.89. The molecule has 1 aromatic carbocycles. The predicted molar refractivity (Wildman–Crippen MR) is 65.2 cm³/mol. The lowest BCUT2D eigenvalue weighted by Gasteiger charge is -2.21. The first-order valence-corrected chi connectivity index (χ1v) is 5.91. The zero-order valence-electron chi connectivity index (χ0n) is 9.88. The maximum atomic E-state index is 9.96. The average molecular weight is 241 g/mol. The molecule has 0 saturated heterocycles. The monoisotopic (exact) mass is 240 g/mol. The fraction of sp³-hybridized carbons (Fsp3) is 0.538. The van der Waals surface area contributed by atoms with E-state index in [9.17, 15) is 5.11 Å². The second kappa shape index (κ2) is 3.94. The lowest BCUT2D eigenvalue weighted by atomic mass is 9.95. The largest absolute Gasteiger partial charge is 0.496 e. The van der Waals surface area contributed by atoms with Crippen LogP contribution >= 0.6 is 11.6 Å². The van der Waals surface area contributed by atoms with Gasteiger partial charge in [0.2, 0.25) is 0 Å². The lowest BCUT2D eigenvalue weighted by molar-refractivity contribution is 0.0783. The van der Waals surface area contributed by atoms with Crippen molar-refractivity contribution in [3.05, 3.63) is 28.3 Å². The van der Waals surface area contributed by atoms with Gasteiger partial charge in [0.15, 0.2) is 0 Å². The molecule has 0 aliphatic heterocycles. The quantitative estimate of drug-likeness (QED) is 0.877. The smallest absolute Gasteiger partial charge is 0.124 e. The van der Waals surface area contributed by atoms with Crippen molar-refractivity contribution in [1.82, 2.24) is 0 Å². The van der Waals surface area contributed by atoms with Crippen LogP contribution in [0.2, 0.25) is 5.02 Å². The molecule has 0 radical (unpaired) electrons.